The summed E-state index contributed by atoms with van der Waals surface area (Å²) in [6, 6.07) is 6.96. The highest BCUT2D eigenvalue weighted by Crippen LogP contribution is 2.37. The Morgan fingerprint density at radius 1 is 1.35 bits per heavy atom. The molecular weight excluding hydrogens is 218 g/mol. The summed E-state index contributed by atoms with van der Waals surface area (Å²) in [5.41, 5.74) is 0.638. The Labute approximate surface area is 101 Å². The van der Waals surface area contributed by atoms with E-state index >= 15 is 0 Å². The summed E-state index contributed by atoms with van der Waals surface area (Å²) < 4.78 is 5.76. The lowest BCUT2D eigenvalue weighted by molar-refractivity contribution is -0.135. The van der Waals surface area contributed by atoms with Crippen LogP contribution in [0.25, 0.3) is 0 Å². The molecule has 4 heteroatoms. The van der Waals surface area contributed by atoms with Crippen molar-refractivity contribution in [3.63, 3.8) is 0 Å². The van der Waals surface area contributed by atoms with Crippen molar-refractivity contribution in [3.8, 4) is 5.75 Å². The molecule has 92 valence electrons. The van der Waals surface area contributed by atoms with Gasteiger partial charge in [0.15, 0.2) is 6.23 Å². The van der Waals surface area contributed by atoms with Crippen LogP contribution < -0.4 is 0 Å². The third-order valence-electron chi connectivity index (χ3n) is 3.28. The smallest absolute Gasteiger partial charge is 0.222 e. The number of carbonyl (C=O) groups is 1. The lowest BCUT2D eigenvalue weighted by atomic mass is 10.1. The van der Waals surface area contributed by atoms with Crippen LogP contribution in [-0.4, -0.2) is 28.1 Å². The first-order valence-electron chi connectivity index (χ1n) is 5.74. The average molecular weight is 235 g/mol. The maximum atomic E-state index is 11.7. The molecule has 3 atom stereocenters. The van der Waals surface area contributed by atoms with E-state index in [1.54, 1.807) is 23.1 Å². The van der Waals surface area contributed by atoms with Gasteiger partial charge in [-0.25, -0.2) is 0 Å². The molecule has 0 aromatic heterocycles. The first-order valence-corrected chi connectivity index (χ1v) is 5.74. The van der Waals surface area contributed by atoms with Crippen LogP contribution in [0, 0.1) is 0 Å². The molecule has 1 amide bonds. The SMILES string of the molecule is CC(=O)N1C(c2ccccc2O)OC(C)C1C. The molecule has 1 heterocycles. The van der Waals surface area contributed by atoms with Crippen molar-refractivity contribution < 1.29 is 14.6 Å². The largest absolute Gasteiger partial charge is 0.507 e. The second-order valence-electron chi connectivity index (χ2n) is 4.42. The summed E-state index contributed by atoms with van der Waals surface area (Å²) in [7, 11) is 0. The number of hydrogen-bond donors (Lipinski definition) is 1. The minimum absolute atomic E-state index is 0.0112. The number of nitrogens with zero attached hydrogens (tertiary/aromatic N) is 1. The van der Waals surface area contributed by atoms with E-state index in [9.17, 15) is 9.90 Å². The number of amides is 1. The molecule has 1 aromatic carbocycles. The number of rotatable bonds is 1. The van der Waals surface area contributed by atoms with E-state index in [1.165, 1.54) is 6.92 Å². The Morgan fingerprint density at radius 3 is 2.59 bits per heavy atom. The maximum absolute atomic E-state index is 11.7. The van der Waals surface area contributed by atoms with E-state index in [4.69, 9.17) is 4.74 Å². The minimum atomic E-state index is -0.487. The third-order valence-corrected chi connectivity index (χ3v) is 3.28. The van der Waals surface area contributed by atoms with Gasteiger partial charge in [-0.1, -0.05) is 18.2 Å². The van der Waals surface area contributed by atoms with Crippen molar-refractivity contribution in [3.05, 3.63) is 29.8 Å². The van der Waals surface area contributed by atoms with Crippen molar-refractivity contribution in [2.45, 2.75) is 39.1 Å². The van der Waals surface area contributed by atoms with Crippen molar-refractivity contribution in [2.24, 2.45) is 0 Å². The van der Waals surface area contributed by atoms with Crippen molar-refractivity contribution >= 4 is 5.91 Å². The van der Waals surface area contributed by atoms with Crippen LogP contribution in [0.3, 0.4) is 0 Å². The molecular formula is C13H17NO3. The number of para-hydroxylation sites is 1. The monoisotopic (exact) mass is 235 g/mol. The Bertz CT molecular complexity index is 432. The van der Waals surface area contributed by atoms with Crippen LogP contribution >= 0.6 is 0 Å². The zero-order valence-corrected chi connectivity index (χ0v) is 10.3. The van der Waals surface area contributed by atoms with Crippen molar-refractivity contribution in [2.75, 3.05) is 0 Å². The molecule has 1 N–H and O–H groups in total. The van der Waals surface area contributed by atoms with Gasteiger partial charge in [0.05, 0.1) is 12.1 Å². The Morgan fingerprint density at radius 2 is 2.00 bits per heavy atom. The minimum Gasteiger partial charge on any atom is -0.507 e. The van der Waals surface area contributed by atoms with Gasteiger partial charge in [0.25, 0.3) is 0 Å². The normalized spacial score (nSPS) is 28.4. The van der Waals surface area contributed by atoms with Crippen LogP contribution in [-0.2, 0) is 9.53 Å². The summed E-state index contributed by atoms with van der Waals surface area (Å²) in [6.45, 7) is 5.40. The number of benzene rings is 1. The molecule has 1 saturated heterocycles. The fourth-order valence-corrected chi connectivity index (χ4v) is 2.19. The highest BCUT2D eigenvalue weighted by atomic mass is 16.5. The predicted octanol–water partition coefficient (Wildman–Crippen LogP) is 2.05. The first-order chi connectivity index (χ1) is 8.02. The van der Waals surface area contributed by atoms with E-state index in [-0.39, 0.29) is 23.8 Å². The summed E-state index contributed by atoms with van der Waals surface area (Å²) in [4.78, 5) is 13.3. The van der Waals surface area contributed by atoms with Gasteiger partial charge in [0.1, 0.15) is 5.75 Å². The number of phenols is 1. The van der Waals surface area contributed by atoms with E-state index in [0.717, 1.165) is 0 Å². The van der Waals surface area contributed by atoms with Gasteiger partial charge < -0.3 is 14.7 Å². The molecule has 17 heavy (non-hydrogen) atoms. The zero-order chi connectivity index (χ0) is 12.6. The van der Waals surface area contributed by atoms with E-state index in [0.29, 0.717) is 5.56 Å². The zero-order valence-electron chi connectivity index (χ0n) is 10.3. The van der Waals surface area contributed by atoms with Crippen LogP contribution in [0.1, 0.15) is 32.6 Å². The van der Waals surface area contributed by atoms with Crippen molar-refractivity contribution in [1.82, 2.24) is 4.90 Å². The van der Waals surface area contributed by atoms with Crippen LogP contribution in [0.4, 0.5) is 0 Å². The van der Waals surface area contributed by atoms with Gasteiger partial charge in [0, 0.05) is 12.5 Å². The van der Waals surface area contributed by atoms with Crippen LogP contribution in [0.5, 0.6) is 5.75 Å². The molecule has 1 aromatic rings. The van der Waals surface area contributed by atoms with Crippen molar-refractivity contribution in [1.29, 1.82) is 0 Å². The highest BCUT2D eigenvalue weighted by molar-refractivity contribution is 5.74. The number of aromatic hydroxyl groups is 1. The fourth-order valence-electron chi connectivity index (χ4n) is 2.19. The summed E-state index contributed by atoms with van der Waals surface area (Å²) in [5, 5.41) is 9.83. The summed E-state index contributed by atoms with van der Waals surface area (Å²) in [5.74, 6) is 0.111. The van der Waals surface area contributed by atoms with Gasteiger partial charge >= 0.3 is 0 Å². The lowest BCUT2D eigenvalue weighted by Crippen LogP contribution is -2.36. The summed E-state index contributed by atoms with van der Waals surface area (Å²) in [6.07, 6.45) is -0.526. The van der Waals surface area contributed by atoms with Gasteiger partial charge in [-0.2, -0.15) is 0 Å². The fraction of sp³-hybridized carbons (Fsp3) is 0.462. The maximum Gasteiger partial charge on any atom is 0.222 e. The quantitative estimate of drug-likeness (QED) is 0.810. The number of hydrogen-bond acceptors (Lipinski definition) is 3. The van der Waals surface area contributed by atoms with Crippen LogP contribution in [0.2, 0.25) is 0 Å². The number of ether oxygens (including phenoxy) is 1. The molecule has 0 aliphatic carbocycles. The highest BCUT2D eigenvalue weighted by Gasteiger charge is 2.40. The molecule has 4 nitrogen and oxygen atoms in total. The first kappa shape index (κ1) is 11.9. The van der Waals surface area contributed by atoms with Gasteiger partial charge in [0.2, 0.25) is 5.91 Å². The molecule has 0 bridgehead atoms. The van der Waals surface area contributed by atoms with Crippen LogP contribution in [0.15, 0.2) is 24.3 Å². The molecule has 1 aliphatic rings. The number of phenolic OH excluding ortho intramolecular Hbond substituents is 1. The summed E-state index contributed by atoms with van der Waals surface area (Å²) >= 11 is 0. The Hall–Kier alpha value is -1.55. The molecule has 0 saturated carbocycles. The topological polar surface area (TPSA) is 49.8 Å². The average Bonchev–Trinajstić information content (AvgIpc) is 2.56. The van der Waals surface area contributed by atoms with E-state index in [1.807, 2.05) is 19.9 Å². The second-order valence-corrected chi connectivity index (χ2v) is 4.42. The molecule has 1 fully saturated rings. The Balaban J connectivity index is 2.38. The second kappa shape index (κ2) is 4.37. The third kappa shape index (κ3) is 2.00. The standard InChI is InChI=1S/C13H17NO3/c1-8-9(2)17-13(14(8)10(3)15)11-6-4-5-7-12(11)16/h4-9,13,16H,1-3H3. The van der Waals surface area contributed by atoms with Gasteiger partial charge in [-0.05, 0) is 19.9 Å². The molecule has 2 rings (SSSR count). The molecule has 0 spiro atoms. The number of carbonyl (C=O) groups excluding carboxylic acids is 1. The molecule has 1 aliphatic heterocycles. The van der Waals surface area contributed by atoms with Gasteiger partial charge in [-0.15, -0.1) is 0 Å². The lowest BCUT2D eigenvalue weighted by Gasteiger charge is -2.25. The van der Waals surface area contributed by atoms with E-state index < -0.39 is 6.23 Å². The van der Waals surface area contributed by atoms with Gasteiger partial charge in [-0.3, -0.25) is 4.79 Å². The predicted molar refractivity (Wildman–Crippen MR) is 63.4 cm³/mol. The Kier molecular flexibility index (Phi) is 3.07. The molecule has 3 unspecified atom stereocenters. The van der Waals surface area contributed by atoms with E-state index in [2.05, 4.69) is 0 Å². The molecule has 0 radical (unpaired) electrons.